The van der Waals surface area contributed by atoms with Gasteiger partial charge in [0, 0.05) is 58.7 Å². The largest absolute Gasteiger partial charge is 0.454 e. The molecule has 0 bridgehead atoms. The Balaban J connectivity index is 1.11. The maximum Gasteiger partial charge on any atom is 0.159 e. The first-order chi connectivity index (χ1) is 28.8. The predicted octanol–water partition coefficient (Wildman–Crippen LogP) is 15.9. The minimum atomic E-state index is 0.856. The molecule has 0 fully saturated rings. The van der Waals surface area contributed by atoms with Crippen molar-refractivity contribution >= 4 is 92.3 Å². The second kappa shape index (κ2) is 13.1. The van der Waals surface area contributed by atoms with E-state index >= 15 is 0 Å². The van der Waals surface area contributed by atoms with E-state index < -0.39 is 0 Å². The smallest absolute Gasteiger partial charge is 0.159 e. The van der Waals surface area contributed by atoms with Crippen LogP contribution in [0.25, 0.3) is 91.9 Å². The van der Waals surface area contributed by atoms with Crippen LogP contribution in [-0.4, -0.2) is 4.57 Å². The zero-order valence-electron chi connectivity index (χ0n) is 31.3. The van der Waals surface area contributed by atoms with Gasteiger partial charge in [0.2, 0.25) is 0 Å². The number of hydrogen-bond acceptors (Lipinski definition) is 3. The van der Waals surface area contributed by atoms with Crippen molar-refractivity contribution in [3.63, 3.8) is 0 Å². The summed E-state index contributed by atoms with van der Waals surface area (Å²) in [6.45, 7) is 0. The first kappa shape index (κ1) is 32.8. The summed E-state index contributed by atoms with van der Waals surface area (Å²) >= 11 is 1.85. The maximum absolute atomic E-state index is 6.78. The summed E-state index contributed by atoms with van der Waals surface area (Å²) in [5, 5.41) is 7.20. The summed E-state index contributed by atoms with van der Waals surface area (Å²) in [7, 11) is 0. The lowest BCUT2D eigenvalue weighted by Crippen LogP contribution is -2.11. The molecule has 3 aromatic heterocycles. The molecular formula is C54H34N2OS. The fourth-order valence-electron chi connectivity index (χ4n) is 8.93. The molecular weight excluding hydrogens is 725 g/mol. The molecule has 272 valence electrons. The Bertz CT molecular complexity index is 3520. The maximum atomic E-state index is 6.78. The number of rotatable bonds is 6. The second-order valence-electron chi connectivity index (χ2n) is 14.9. The lowest BCUT2D eigenvalue weighted by Gasteiger charge is -2.28. The van der Waals surface area contributed by atoms with E-state index in [4.69, 9.17) is 4.42 Å². The minimum absolute atomic E-state index is 0.856. The molecule has 0 saturated carbocycles. The number of fused-ring (bicyclic) bond motifs is 9. The highest BCUT2D eigenvalue weighted by Gasteiger charge is 2.24. The molecule has 0 atom stereocenters. The van der Waals surface area contributed by atoms with Gasteiger partial charge in [0.1, 0.15) is 5.58 Å². The Morgan fingerprint density at radius 2 is 1.05 bits per heavy atom. The van der Waals surface area contributed by atoms with E-state index in [2.05, 4.69) is 210 Å². The molecule has 0 radical (unpaired) electrons. The lowest BCUT2D eigenvalue weighted by molar-refractivity contribution is 0.669. The fraction of sp³-hybridized carbons (Fsp3) is 0. The van der Waals surface area contributed by atoms with Crippen molar-refractivity contribution in [1.29, 1.82) is 0 Å². The fourth-order valence-corrected chi connectivity index (χ4v) is 10.0. The number of thiophene rings is 1. The van der Waals surface area contributed by atoms with Crippen molar-refractivity contribution in [2.75, 3.05) is 4.90 Å². The van der Waals surface area contributed by atoms with Crippen LogP contribution in [0.2, 0.25) is 0 Å². The average molecular weight is 759 g/mol. The molecule has 12 rings (SSSR count). The van der Waals surface area contributed by atoms with Crippen molar-refractivity contribution < 1.29 is 4.42 Å². The summed E-state index contributed by atoms with van der Waals surface area (Å²) < 4.78 is 11.8. The molecule has 0 spiro atoms. The summed E-state index contributed by atoms with van der Waals surface area (Å²) in [6, 6.07) is 74.5. The Kier molecular flexibility index (Phi) is 7.40. The van der Waals surface area contributed by atoms with Crippen LogP contribution in [-0.2, 0) is 0 Å². The molecule has 0 saturated heterocycles. The van der Waals surface area contributed by atoms with Gasteiger partial charge in [-0.25, -0.2) is 0 Å². The van der Waals surface area contributed by atoms with E-state index in [0.29, 0.717) is 0 Å². The number of hydrogen-bond donors (Lipinski definition) is 0. The number of benzene rings is 9. The number of nitrogens with zero attached hydrogens (tertiary/aromatic N) is 2. The van der Waals surface area contributed by atoms with Gasteiger partial charge in [-0.2, -0.15) is 0 Å². The minimum Gasteiger partial charge on any atom is -0.454 e. The van der Waals surface area contributed by atoms with Gasteiger partial charge in [-0.1, -0.05) is 140 Å². The van der Waals surface area contributed by atoms with Crippen LogP contribution in [0.3, 0.4) is 0 Å². The van der Waals surface area contributed by atoms with Gasteiger partial charge in [-0.3, -0.25) is 0 Å². The molecule has 9 aromatic carbocycles. The van der Waals surface area contributed by atoms with Crippen molar-refractivity contribution in [1.82, 2.24) is 4.57 Å². The molecule has 0 amide bonds. The first-order valence-corrected chi connectivity index (χ1v) is 20.5. The number of aromatic nitrogens is 1. The van der Waals surface area contributed by atoms with Crippen molar-refractivity contribution in [3.05, 3.63) is 206 Å². The van der Waals surface area contributed by atoms with Gasteiger partial charge in [0.15, 0.2) is 5.58 Å². The Morgan fingerprint density at radius 1 is 0.397 bits per heavy atom. The van der Waals surface area contributed by atoms with E-state index in [0.717, 1.165) is 55.8 Å². The van der Waals surface area contributed by atoms with E-state index in [1.54, 1.807) is 0 Å². The van der Waals surface area contributed by atoms with E-state index in [1.165, 1.54) is 53.2 Å². The molecule has 0 aliphatic heterocycles. The monoisotopic (exact) mass is 758 g/mol. The highest BCUT2D eigenvalue weighted by molar-refractivity contribution is 7.25. The number of para-hydroxylation sites is 4. The third-order valence-corrected chi connectivity index (χ3v) is 12.8. The van der Waals surface area contributed by atoms with E-state index in [1.807, 2.05) is 17.4 Å². The van der Waals surface area contributed by atoms with Gasteiger partial charge in [-0.15, -0.1) is 11.3 Å². The van der Waals surface area contributed by atoms with Gasteiger partial charge < -0.3 is 13.9 Å². The quantitative estimate of drug-likeness (QED) is 0.168. The molecule has 3 nitrogen and oxygen atoms in total. The number of anilines is 3. The molecule has 12 aromatic rings. The van der Waals surface area contributed by atoms with E-state index in [-0.39, 0.29) is 0 Å². The van der Waals surface area contributed by atoms with Crippen LogP contribution in [0.4, 0.5) is 17.1 Å². The lowest BCUT2D eigenvalue weighted by atomic mass is 9.99. The van der Waals surface area contributed by atoms with Crippen LogP contribution in [0.5, 0.6) is 0 Å². The standard InChI is InChI=1S/C54H34N2OS/c1-2-13-35(14-3-1)36-25-28-38(29-26-36)55-48-21-9-5-16-41(48)42-31-30-39(34-50(42)55)56(49-22-12-19-45-43-17-6-10-23-51(43)57-54(45)49)47-20-8-4-15-40(47)37-27-32-53-46(33-37)44-18-7-11-24-52(44)58-53/h1-34H. The van der Waals surface area contributed by atoms with Gasteiger partial charge in [0.05, 0.1) is 22.4 Å². The zero-order valence-corrected chi connectivity index (χ0v) is 32.2. The second-order valence-corrected chi connectivity index (χ2v) is 16.0. The third-order valence-electron chi connectivity index (χ3n) is 11.6. The van der Waals surface area contributed by atoms with E-state index in [9.17, 15) is 0 Å². The first-order valence-electron chi connectivity index (χ1n) is 19.7. The predicted molar refractivity (Wildman–Crippen MR) is 247 cm³/mol. The SMILES string of the molecule is c1ccc(-c2ccc(-n3c4ccccc4c4ccc(N(c5ccccc5-c5ccc6sc7ccccc7c6c5)c5cccc6c5oc5ccccc56)cc43)cc2)cc1. The summed E-state index contributed by atoms with van der Waals surface area (Å²) in [6.07, 6.45) is 0. The molecule has 0 aliphatic carbocycles. The highest BCUT2D eigenvalue weighted by Crippen LogP contribution is 2.47. The molecule has 0 unspecified atom stereocenters. The van der Waals surface area contributed by atoms with Gasteiger partial charge >= 0.3 is 0 Å². The van der Waals surface area contributed by atoms with Crippen molar-refractivity contribution in [3.8, 4) is 27.9 Å². The van der Waals surface area contributed by atoms with Crippen LogP contribution in [0.15, 0.2) is 211 Å². The van der Waals surface area contributed by atoms with Crippen LogP contribution < -0.4 is 4.90 Å². The van der Waals surface area contributed by atoms with Gasteiger partial charge in [-0.05, 0) is 83.4 Å². The summed E-state index contributed by atoms with van der Waals surface area (Å²) in [5.41, 5.74) is 13.0. The number of furan rings is 1. The van der Waals surface area contributed by atoms with Gasteiger partial charge in [0.25, 0.3) is 0 Å². The Labute approximate surface area is 338 Å². The average Bonchev–Trinajstić information content (AvgIpc) is 3.97. The molecule has 3 heterocycles. The normalized spacial score (nSPS) is 11.8. The topological polar surface area (TPSA) is 21.3 Å². The Hall–Kier alpha value is -7.40. The van der Waals surface area contributed by atoms with Crippen molar-refractivity contribution in [2.45, 2.75) is 0 Å². The van der Waals surface area contributed by atoms with Crippen molar-refractivity contribution in [2.24, 2.45) is 0 Å². The van der Waals surface area contributed by atoms with Crippen LogP contribution in [0.1, 0.15) is 0 Å². The van der Waals surface area contributed by atoms with Crippen LogP contribution in [0, 0.1) is 0 Å². The summed E-state index contributed by atoms with van der Waals surface area (Å²) in [5.74, 6) is 0. The Morgan fingerprint density at radius 3 is 1.95 bits per heavy atom. The zero-order chi connectivity index (χ0) is 38.2. The highest BCUT2D eigenvalue weighted by atomic mass is 32.1. The molecule has 4 heteroatoms. The molecule has 0 aliphatic rings. The molecule has 58 heavy (non-hydrogen) atoms. The third kappa shape index (κ3) is 5.12. The molecule has 0 N–H and O–H groups in total. The summed E-state index contributed by atoms with van der Waals surface area (Å²) in [4.78, 5) is 2.40. The van der Waals surface area contributed by atoms with Crippen LogP contribution >= 0.6 is 11.3 Å².